The molecule has 5 nitrogen and oxygen atoms in total. The molecule has 0 saturated carbocycles. The average molecular weight is 315 g/mol. The van der Waals surface area contributed by atoms with Crippen molar-refractivity contribution in [1.82, 2.24) is 5.32 Å². The van der Waals surface area contributed by atoms with Crippen molar-refractivity contribution in [3.05, 3.63) is 23.2 Å². The molecular formula is C15H23ClN2O3. The van der Waals surface area contributed by atoms with Gasteiger partial charge < -0.3 is 20.5 Å². The smallest absolute Gasteiger partial charge is 0.319 e. The van der Waals surface area contributed by atoms with Crippen LogP contribution in [0.25, 0.3) is 0 Å². The van der Waals surface area contributed by atoms with Gasteiger partial charge in [-0.2, -0.15) is 0 Å². The van der Waals surface area contributed by atoms with Crippen LogP contribution in [0.3, 0.4) is 0 Å². The van der Waals surface area contributed by atoms with Gasteiger partial charge in [0.1, 0.15) is 5.75 Å². The number of hydrogen-bond acceptors (Lipinski definition) is 3. The Kier molecular flexibility index (Phi) is 7.32. The Labute approximate surface area is 130 Å². The molecule has 2 amide bonds. The van der Waals surface area contributed by atoms with Crippen molar-refractivity contribution in [1.29, 1.82) is 0 Å². The largest absolute Gasteiger partial charge is 0.489 e. The Balaban J connectivity index is 2.62. The van der Waals surface area contributed by atoms with E-state index >= 15 is 0 Å². The zero-order valence-electron chi connectivity index (χ0n) is 12.6. The summed E-state index contributed by atoms with van der Waals surface area (Å²) in [5.74, 6) is 0.587. The number of nitrogens with one attached hydrogen (secondary N) is 2. The minimum atomic E-state index is -0.316. The second kappa shape index (κ2) is 8.74. The van der Waals surface area contributed by atoms with Crippen LogP contribution >= 0.6 is 11.6 Å². The van der Waals surface area contributed by atoms with Crippen molar-refractivity contribution in [2.45, 2.75) is 45.8 Å². The Bertz CT molecular complexity index is 466. The number of ether oxygens (including phenoxy) is 1. The quantitative estimate of drug-likeness (QED) is 0.722. The summed E-state index contributed by atoms with van der Waals surface area (Å²) in [6.45, 7) is 5.84. The molecule has 0 aliphatic rings. The SMILES string of the molecule is CCC(CCO)NC(=O)Nc1ccc(OC(C)C)c(Cl)c1. The first-order valence-corrected chi connectivity index (χ1v) is 7.48. The summed E-state index contributed by atoms with van der Waals surface area (Å²) >= 11 is 6.11. The maximum Gasteiger partial charge on any atom is 0.319 e. The highest BCUT2D eigenvalue weighted by Gasteiger charge is 2.11. The third kappa shape index (κ3) is 6.23. The molecule has 118 valence electrons. The first kappa shape index (κ1) is 17.6. The number of benzene rings is 1. The summed E-state index contributed by atoms with van der Waals surface area (Å²) in [6.07, 6.45) is 1.33. The van der Waals surface area contributed by atoms with Crippen LogP contribution in [0.2, 0.25) is 5.02 Å². The molecule has 1 unspecified atom stereocenters. The lowest BCUT2D eigenvalue weighted by Gasteiger charge is -2.17. The van der Waals surface area contributed by atoms with E-state index in [9.17, 15) is 4.79 Å². The molecule has 0 aliphatic heterocycles. The van der Waals surface area contributed by atoms with E-state index in [-0.39, 0.29) is 24.8 Å². The second-order valence-corrected chi connectivity index (χ2v) is 5.43. The van der Waals surface area contributed by atoms with Gasteiger partial charge in [0.05, 0.1) is 11.1 Å². The molecule has 1 rings (SSSR count). The summed E-state index contributed by atoms with van der Waals surface area (Å²) in [6, 6.07) is 4.74. The lowest BCUT2D eigenvalue weighted by molar-refractivity contribution is 0.237. The first-order valence-electron chi connectivity index (χ1n) is 7.10. The van der Waals surface area contributed by atoms with E-state index in [2.05, 4.69) is 10.6 Å². The standard InChI is InChI=1S/C15H23ClN2O3/c1-4-11(7-8-19)17-15(20)18-12-5-6-14(13(16)9-12)21-10(2)3/h5-6,9-11,19H,4,7-8H2,1-3H3,(H2,17,18,20). The number of amides is 2. The van der Waals surface area contributed by atoms with Crippen LogP contribution in [0.15, 0.2) is 18.2 Å². The number of aliphatic hydroxyl groups excluding tert-OH is 1. The molecule has 0 aromatic heterocycles. The van der Waals surface area contributed by atoms with Crippen molar-refractivity contribution >= 4 is 23.3 Å². The maximum absolute atomic E-state index is 11.9. The van der Waals surface area contributed by atoms with E-state index in [4.69, 9.17) is 21.4 Å². The van der Waals surface area contributed by atoms with E-state index < -0.39 is 0 Å². The topological polar surface area (TPSA) is 70.6 Å². The lowest BCUT2D eigenvalue weighted by Crippen LogP contribution is -2.38. The van der Waals surface area contributed by atoms with Crippen molar-refractivity contribution < 1.29 is 14.6 Å². The Hall–Kier alpha value is -1.46. The van der Waals surface area contributed by atoms with Gasteiger partial charge in [0.2, 0.25) is 0 Å². The monoisotopic (exact) mass is 314 g/mol. The van der Waals surface area contributed by atoms with Gasteiger partial charge in [-0.15, -0.1) is 0 Å². The molecule has 6 heteroatoms. The summed E-state index contributed by atoms with van der Waals surface area (Å²) in [5.41, 5.74) is 0.590. The molecule has 0 aliphatic carbocycles. The van der Waals surface area contributed by atoms with Crippen LogP contribution in [0.4, 0.5) is 10.5 Å². The van der Waals surface area contributed by atoms with E-state index in [1.54, 1.807) is 18.2 Å². The number of anilines is 1. The van der Waals surface area contributed by atoms with Crippen LogP contribution in [0, 0.1) is 0 Å². The average Bonchev–Trinajstić information content (AvgIpc) is 2.41. The van der Waals surface area contributed by atoms with E-state index in [1.807, 2.05) is 20.8 Å². The van der Waals surface area contributed by atoms with Crippen LogP contribution in [0.1, 0.15) is 33.6 Å². The minimum Gasteiger partial charge on any atom is -0.489 e. The maximum atomic E-state index is 11.9. The van der Waals surface area contributed by atoms with Gasteiger partial charge >= 0.3 is 6.03 Å². The number of urea groups is 1. The third-order valence-electron chi connectivity index (χ3n) is 2.86. The van der Waals surface area contributed by atoms with Gasteiger partial charge in [-0.1, -0.05) is 18.5 Å². The Morgan fingerprint density at radius 1 is 1.43 bits per heavy atom. The van der Waals surface area contributed by atoms with Gasteiger partial charge in [0.25, 0.3) is 0 Å². The molecule has 21 heavy (non-hydrogen) atoms. The Morgan fingerprint density at radius 2 is 2.14 bits per heavy atom. The first-order chi connectivity index (χ1) is 9.96. The molecule has 0 fully saturated rings. The normalized spacial score (nSPS) is 12.1. The molecule has 1 aromatic carbocycles. The molecular weight excluding hydrogens is 292 g/mol. The highest BCUT2D eigenvalue weighted by Crippen LogP contribution is 2.28. The van der Waals surface area contributed by atoms with Crippen LogP contribution < -0.4 is 15.4 Å². The van der Waals surface area contributed by atoms with Crippen molar-refractivity contribution in [3.63, 3.8) is 0 Å². The predicted molar refractivity (Wildman–Crippen MR) is 85.2 cm³/mol. The molecule has 0 radical (unpaired) electrons. The second-order valence-electron chi connectivity index (χ2n) is 5.03. The molecule has 0 heterocycles. The Morgan fingerprint density at radius 3 is 2.67 bits per heavy atom. The highest BCUT2D eigenvalue weighted by molar-refractivity contribution is 6.32. The summed E-state index contributed by atoms with van der Waals surface area (Å²) < 4.78 is 5.53. The fourth-order valence-electron chi connectivity index (χ4n) is 1.81. The van der Waals surface area contributed by atoms with Crippen molar-refractivity contribution in [2.75, 3.05) is 11.9 Å². The highest BCUT2D eigenvalue weighted by atomic mass is 35.5. The van der Waals surface area contributed by atoms with Crippen LogP contribution in [-0.4, -0.2) is 29.9 Å². The van der Waals surface area contributed by atoms with Crippen LogP contribution in [-0.2, 0) is 0 Å². The summed E-state index contributed by atoms with van der Waals surface area (Å²) in [7, 11) is 0. The predicted octanol–water partition coefficient (Wildman–Crippen LogP) is 3.41. The number of aliphatic hydroxyl groups is 1. The van der Waals surface area contributed by atoms with Gasteiger partial charge in [-0.05, 0) is 44.9 Å². The van der Waals surface area contributed by atoms with Gasteiger partial charge in [0, 0.05) is 18.3 Å². The van der Waals surface area contributed by atoms with Gasteiger partial charge in [0.15, 0.2) is 0 Å². The molecule has 3 N–H and O–H groups in total. The van der Waals surface area contributed by atoms with Crippen LogP contribution in [0.5, 0.6) is 5.75 Å². The summed E-state index contributed by atoms with van der Waals surface area (Å²) in [4.78, 5) is 11.9. The number of halogens is 1. The third-order valence-corrected chi connectivity index (χ3v) is 3.15. The van der Waals surface area contributed by atoms with Crippen molar-refractivity contribution in [2.24, 2.45) is 0 Å². The zero-order chi connectivity index (χ0) is 15.8. The van der Waals surface area contributed by atoms with Crippen molar-refractivity contribution in [3.8, 4) is 5.75 Å². The summed E-state index contributed by atoms with van der Waals surface area (Å²) in [5, 5.41) is 14.9. The number of rotatable bonds is 7. The molecule has 1 aromatic rings. The number of carbonyl (C=O) groups excluding carboxylic acids is 1. The fraction of sp³-hybridized carbons (Fsp3) is 0.533. The zero-order valence-corrected chi connectivity index (χ0v) is 13.4. The number of hydrogen-bond donors (Lipinski definition) is 3. The minimum absolute atomic E-state index is 0.0356. The lowest BCUT2D eigenvalue weighted by atomic mass is 10.2. The van der Waals surface area contributed by atoms with E-state index in [0.717, 1.165) is 6.42 Å². The molecule has 0 bridgehead atoms. The van der Waals surface area contributed by atoms with Gasteiger partial charge in [-0.3, -0.25) is 0 Å². The molecule has 1 atom stereocenters. The molecule has 0 saturated heterocycles. The fourth-order valence-corrected chi connectivity index (χ4v) is 2.04. The molecule has 0 spiro atoms. The van der Waals surface area contributed by atoms with E-state index in [1.165, 1.54) is 0 Å². The van der Waals surface area contributed by atoms with E-state index in [0.29, 0.717) is 22.9 Å². The number of carbonyl (C=O) groups is 1. The van der Waals surface area contributed by atoms with Gasteiger partial charge in [-0.25, -0.2) is 4.79 Å².